The minimum absolute atomic E-state index is 0.00502. The predicted octanol–water partition coefficient (Wildman–Crippen LogP) is 3.59. The molecule has 0 aliphatic rings. The number of sulfonamides is 1. The van der Waals surface area contributed by atoms with Crippen LogP contribution in [0.3, 0.4) is 0 Å². The van der Waals surface area contributed by atoms with E-state index in [0.717, 1.165) is 11.1 Å². The summed E-state index contributed by atoms with van der Waals surface area (Å²) in [5.41, 5.74) is 7.63. The lowest BCUT2D eigenvalue weighted by Gasteiger charge is -2.12. The molecule has 0 saturated carbocycles. The zero-order chi connectivity index (χ0) is 15.8. The summed E-state index contributed by atoms with van der Waals surface area (Å²) in [7, 11) is -3.90. The van der Waals surface area contributed by atoms with Gasteiger partial charge in [-0.3, -0.25) is 4.72 Å². The molecule has 4 nitrogen and oxygen atoms in total. The molecule has 0 aliphatic heterocycles. The minimum Gasteiger partial charge on any atom is -0.398 e. The number of aryl methyl sites for hydroxylation is 1. The normalized spacial score (nSPS) is 11.4. The average molecular weight is 373 g/mol. The highest BCUT2D eigenvalue weighted by Gasteiger charge is 2.18. The van der Waals surface area contributed by atoms with Crippen molar-refractivity contribution in [1.82, 2.24) is 0 Å². The van der Waals surface area contributed by atoms with Crippen LogP contribution in [0.25, 0.3) is 0 Å². The summed E-state index contributed by atoms with van der Waals surface area (Å²) in [6.07, 6.45) is 0. The van der Waals surface area contributed by atoms with Gasteiger partial charge in [0.15, 0.2) is 0 Å². The maximum Gasteiger partial charge on any atom is 0.262 e. The number of benzene rings is 2. The van der Waals surface area contributed by atoms with Gasteiger partial charge in [-0.1, -0.05) is 15.9 Å². The highest BCUT2D eigenvalue weighted by atomic mass is 79.9. The second-order valence-corrected chi connectivity index (χ2v) is 7.28. The van der Waals surface area contributed by atoms with Crippen molar-refractivity contribution in [3.05, 3.63) is 51.7 Å². The molecule has 21 heavy (non-hydrogen) atoms. The molecule has 0 aromatic heterocycles. The minimum atomic E-state index is -3.90. The van der Waals surface area contributed by atoms with Crippen molar-refractivity contribution in [2.45, 2.75) is 18.7 Å². The van der Waals surface area contributed by atoms with E-state index in [1.165, 1.54) is 24.3 Å². The van der Waals surface area contributed by atoms with E-state index in [4.69, 9.17) is 5.73 Å². The second kappa shape index (κ2) is 5.65. The largest absolute Gasteiger partial charge is 0.398 e. The van der Waals surface area contributed by atoms with E-state index in [9.17, 15) is 12.8 Å². The fraction of sp³-hybridized carbons (Fsp3) is 0.143. The van der Waals surface area contributed by atoms with Crippen LogP contribution in [-0.2, 0) is 10.0 Å². The Labute approximate surface area is 131 Å². The monoisotopic (exact) mass is 372 g/mol. The topological polar surface area (TPSA) is 72.2 Å². The second-order valence-electron chi connectivity index (χ2n) is 4.68. The Bertz CT molecular complexity index is 784. The van der Waals surface area contributed by atoms with E-state index in [1.807, 2.05) is 6.92 Å². The highest BCUT2D eigenvalue weighted by molar-refractivity contribution is 9.10. The lowest BCUT2D eigenvalue weighted by atomic mass is 10.1. The number of rotatable bonds is 3. The predicted molar refractivity (Wildman–Crippen MR) is 85.2 cm³/mol. The van der Waals surface area contributed by atoms with Crippen LogP contribution in [0, 0.1) is 19.7 Å². The summed E-state index contributed by atoms with van der Waals surface area (Å²) in [5.74, 6) is -0.662. The van der Waals surface area contributed by atoms with Gasteiger partial charge in [-0.15, -0.1) is 0 Å². The van der Waals surface area contributed by atoms with Crippen LogP contribution in [0.2, 0.25) is 0 Å². The molecule has 112 valence electrons. The molecule has 0 amide bonds. The van der Waals surface area contributed by atoms with Gasteiger partial charge < -0.3 is 5.73 Å². The van der Waals surface area contributed by atoms with Gasteiger partial charge in [0.05, 0.1) is 10.6 Å². The average Bonchev–Trinajstić information content (AvgIpc) is 2.38. The van der Waals surface area contributed by atoms with Crippen LogP contribution in [0.15, 0.2) is 39.7 Å². The van der Waals surface area contributed by atoms with Gasteiger partial charge in [0.1, 0.15) is 5.82 Å². The molecule has 0 saturated heterocycles. The van der Waals surface area contributed by atoms with Crippen LogP contribution in [-0.4, -0.2) is 8.42 Å². The zero-order valence-electron chi connectivity index (χ0n) is 11.4. The molecule has 0 radical (unpaired) electrons. The number of hydrogen-bond acceptors (Lipinski definition) is 3. The van der Waals surface area contributed by atoms with Gasteiger partial charge in [-0.2, -0.15) is 0 Å². The molecule has 0 aliphatic carbocycles. The van der Waals surface area contributed by atoms with Crippen molar-refractivity contribution in [2.24, 2.45) is 0 Å². The van der Waals surface area contributed by atoms with E-state index in [1.54, 1.807) is 13.0 Å². The smallest absolute Gasteiger partial charge is 0.262 e. The van der Waals surface area contributed by atoms with E-state index in [-0.39, 0.29) is 10.6 Å². The standard InChI is InChI=1S/C14H14BrFN2O2S/c1-8-5-11(7-13(17)9(8)2)21(19,20)18-14-4-3-10(15)6-12(14)16/h3-7,18H,17H2,1-2H3. The first-order valence-corrected chi connectivity index (χ1v) is 8.33. The Morgan fingerprint density at radius 3 is 2.43 bits per heavy atom. The van der Waals surface area contributed by atoms with Crippen LogP contribution in [0.5, 0.6) is 0 Å². The molecule has 0 spiro atoms. The summed E-state index contributed by atoms with van der Waals surface area (Å²) in [6.45, 7) is 3.58. The summed E-state index contributed by atoms with van der Waals surface area (Å²) in [6, 6.07) is 6.95. The van der Waals surface area contributed by atoms with Crippen molar-refractivity contribution < 1.29 is 12.8 Å². The van der Waals surface area contributed by atoms with Crippen LogP contribution in [0.1, 0.15) is 11.1 Å². The first kappa shape index (κ1) is 15.8. The van der Waals surface area contributed by atoms with Crippen LogP contribution >= 0.6 is 15.9 Å². The SMILES string of the molecule is Cc1cc(S(=O)(=O)Nc2ccc(Br)cc2F)cc(N)c1C. The number of nitrogens with two attached hydrogens (primary N) is 1. The Morgan fingerprint density at radius 2 is 1.86 bits per heavy atom. The summed E-state index contributed by atoms with van der Waals surface area (Å²) in [5, 5.41) is 0. The van der Waals surface area contributed by atoms with Gasteiger partial charge in [0.2, 0.25) is 0 Å². The van der Waals surface area contributed by atoms with Gasteiger partial charge in [0.25, 0.3) is 10.0 Å². The summed E-state index contributed by atoms with van der Waals surface area (Å²) in [4.78, 5) is 0.00502. The Kier molecular flexibility index (Phi) is 4.25. The van der Waals surface area contributed by atoms with Crippen molar-refractivity contribution in [2.75, 3.05) is 10.5 Å². The fourth-order valence-electron chi connectivity index (χ4n) is 1.78. The molecule has 2 aromatic carbocycles. The van der Waals surface area contributed by atoms with Crippen molar-refractivity contribution >= 4 is 37.3 Å². The third-order valence-corrected chi connectivity index (χ3v) is 5.00. The number of nitrogens with one attached hydrogen (secondary N) is 1. The zero-order valence-corrected chi connectivity index (χ0v) is 13.8. The highest BCUT2D eigenvalue weighted by Crippen LogP contribution is 2.25. The third-order valence-electron chi connectivity index (χ3n) is 3.17. The Morgan fingerprint density at radius 1 is 1.19 bits per heavy atom. The van der Waals surface area contributed by atoms with E-state index < -0.39 is 15.8 Å². The molecule has 0 bridgehead atoms. The molecule has 2 rings (SSSR count). The number of nitrogen functional groups attached to an aromatic ring is 1. The number of halogens is 2. The molecule has 0 fully saturated rings. The number of hydrogen-bond donors (Lipinski definition) is 2. The summed E-state index contributed by atoms with van der Waals surface area (Å²) >= 11 is 3.11. The molecule has 0 atom stereocenters. The third kappa shape index (κ3) is 3.36. The maximum absolute atomic E-state index is 13.7. The van der Waals surface area contributed by atoms with Crippen molar-refractivity contribution in [1.29, 1.82) is 0 Å². The van der Waals surface area contributed by atoms with Crippen LogP contribution in [0.4, 0.5) is 15.8 Å². The molecular formula is C14H14BrFN2O2S. The van der Waals surface area contributed by atoms with Gasteiger partial charge in [0, 0.05) is 10.2 Å². The van der Waals surface area contributed by atoms with Gasteiger partial charge >= 0.3 is 0 Å². The fourth-order valence-corrected chi connectivity index (χ4v) is 3.30. The summed E-state index contributed by atoms with van der Waals surface area (Å²) < 4.78 is 41.1. The Balaban J connectivity index is 2.43. The van der Waals surface area contributed by atoms with E-state index in [2.05, 4.69) is 20.7 Å². The van der Waals surface area contributed by atoms with E-state index >= 15 is 0 Å². The maximum atomic E-state index is 13.7. The van der Waals surface area contributed by atoms with Crippen molar-refractivity contribution in [3.8, 4) is 0 Å². The quantitative estimate of drug-likeness (QED) is 0.808. The molecule has 2 aromatic rings. The molecule has 7 heteroatoms. The molecule has 3 N–H and O–H groups in total. The molecular weight excluding hydrogens is 359 g/mol. The van der Waals surface area contributed by atoms with E-state index in [0.29, 0.717) is 10.2 Å². The Hall–Kier alpha value is -1.60. The molecule has 0 heterocycles. The lowest BCUT2D eigenvalue weighted by molar-refractivity contribution is 0.598. The molecule has 0 unspecified atom stereocenters. The first-order valence-electron chi connectivity index (χ1n) is 6.05. The van der Waals surface area contributed by atoms with Crippen molar-refractivity contribution in [3.63, 3.8) is 0 Å². The number of anilines is 2. The van der Waals surface area contributed by atoms with Gasteiger partial charge in [-0.25, -0.2) is 12.8 Å². The lowest BCUT2D eigenvalue weighted by Crippen LogP contribution is -2.15. The first-order chi connectivity index (χ1) is 9.70. The van der Waals surface area contributed by atoms with Gasteiger partial charge in [-0.05, 0) is 55.3 Å². The van der Waals surface area contributed by atoms with Crippen LogP contribution < -0.4 is 10.5 Å².